The average Bonchev–Trinajstić information content (AvgIpc) is 3.31. The van der Waals surface area contributed by atoms with Crippen molar-refractivity contribution in [1.82, 2.24) is 20.2 Å². The van der Waals surface area contributed by atoms with Crippen LogP contribution in [0.15, 0.2) is 41.0 Å². The van der Waals surface area contributed by atoms with Crippen LogP contribution in [0.25, 0.3) is 11.4 Å². The first-order valence-electron chi connectivity index (χ1n) is 8.80. The van der Waals surface area contributed by atoms with Crippen LogP contribution in [0.4, 0.5) is 0 Å². The van der Waals surface area contributed by atoms with E-state index in [1.54, 1.807) is 45.0 Å². The minimum Gasteiger partial charge on any atom is -0.466 e. The molecule has 0 fully saturated rings. The molecular weight excluding hydrogens is 364 g/mol. The topological polar surface area (TPSA) is 109 Å². The van der Waals surface area contributed by atoms with Gasteiger partial charge in [-0.25, -0.2) is 9.59 Å². The third-order valence-corrected chi connectivity index (χ3v) is 3.68. The molecule has 0 saturated heterocycles. The lowest BCUT2D eigenvalue weighted by molar-refractivity contribution is 0.0377. The Morgan fingerprint density at radius 2 is 2.04 bits per heavy atom. The van der Waals surface area contributed by atoms with Gasteiger partial charge in [0.25, 0.3) is 0 Å². The second-order valence-corrected chi connectivity index (χ2v) is 6.16. The molecule has 3 aromatic rings. The van der Waals surface area contributed by atoms with Crippen molar-refractivity contribution in [2.45, 2.75) is 33.4 Å². The second kappa shape index (κ2) is 8.47. The molecule has 0 aliphatic rings. The summed E-state index contributed by atoms with van der Waals surface area (Å²) in [7, 11) is 0. The van der Waals surface area contributed by atoms with Crippen LogP contribution >= 0.6 is 0 Å². The molecule has 0 aliphatic carbocycles. The van der Waals surface area contributed by atoms with Gasteiger partial charge < -0.3 is 13.9 Å². The Morgan fingerprint density at radius 1 is 1.21 bits per heavy atom. The molecule has 0 unspecified atom stereocenters. The van der Waals surface area contributed by atoms with Gasteiger partial charge in [-0.2, -0.15) is 4.80 Å². The van der Waals surface area contributed by atoms with E-state index in [0.29, 0.717) is 28.3 Å². The van der Waals surface area contributed by atoms with Gasteiger partial charge in [0, 0.05) is 5.56 Å². The number of ether oxygens (including phenoxy) is 2. The van der Waals surface area contributed by atoms with Crippen LogP contribution < -0.4 is 0 Å². The van der Waals surface area contributed by atoms with Crippen LogP contribution in [0.5, 0.6) is 0 Å². The van der Waals surface area contributed by atoms with Gasteiger partial charge in [0.2, 0.25) is 5.82 Å². The molecule has 9 nitrogen and oxygen atoms in total. The minimum atomic E-state index is -0.469. The zero-order valence-corrected chi connectivity index (χ0v) is 15.8. The highest BCUT2D eigenvalue weighted by Crippen LogP contribution is 2.18. The second-order valence-electron chi connectivity index (χ2n) is 6.16. The van der Waals surface area contributed by atoms with Crippen molar-refractivity contribution in [2.24, 2.45) is 0 Å². The Bertz CT molecular complexity index is 976. The zero-order valence-electron chi connectivity index (χ0n) is 15.8. The summed E-state index contributed by atoms with van der Waals surface area (Å²) in [5.74, 6) is -0.179. The lowest BCUT2D eigenvalue weighted by atomic mass is 10.1. The lowest BCUT2D eigenvalue weighted by Gasteiger charge is -2.08. The van der Waals surface area contributed by atoms with Crippen molar-refractivity contribution in [3.8, 4) is 11.4 Å². The summed E-state index contributed by atoms with van der Waals surface area (Å²) in [5.41, 5.74) is 1.34. The van der Waals surface area contributed by atoms with Gasteiger partial charge in [0.05, 0.1) is 24.5 Å². The first-order chi connectivity index (χ1) is 13.5. The van der Waals surface area contributed by atoms with Crippen molar-refractivity contribution in [1.29, 1.82) is 0 Å². The van der Waals surface area contributed by atoms with Gasteiger partial charge in [-0.3, -0.25) is 0 Å². The highest BCUT2D eigenvalue weighted by Gasteiger charge is 2.18. The Hall–Kier alpha value is -3.49. The number of aromatic nitrogens is 4. The van der Waals surface area contributed by atoms with E-state index in [1.165, 1.54) is 17.1 Å². The van der Waals surface area contributed by atoms with Crippen molar-refractivity contribution in [2.75, 3.05) is 6.61 Å². The Labute approximate surface area is 161 Å². The SMILES string of the molecule is CCOC(=O)c1ccoc1Cn1nnc(-c2cccc(C(=O)OC(C)C)c2)n1. The Morgan fingerprint density at radius 3 is 2.79 bits per heavy atom. The van der Waals surface area contributed by atoms with E-state index in [0.717, 1.165) is 0 Å². The molecule has 2 aromatic heterocycles. The largest absolute Gasteiger partial charge is 0.466 e. The maximum absolute atomic E-state index is 12.1. The summed E-state index contributed by atoms with van der Waals surface area (Å²) < 4.78 is 15.5. The standard InChI is InChI=1S/C19H20N4O5/c1-4-26-19(25)15-8-9-27-16(15)11-23-21-17(20-22-23)13-6-5-7-14(10-13)18(24)28-12(2)3/h5-10,12H,4,11H2,1-3H3. The first-order valence-corrected chi connectivity index (χ1v) is 8.80. The average molecular weight is 384 g/mol. The molecule has 0 spiro atoms. The molecule has 0 N–H and O–H groups in total. The normalized spacial score (nSPS) is 10.9. The van der Waals surface area contributed by atoms with E-state index >= 15 is 0 Å². The van der Waals surface area contributed by atoms with Crippen LogP contribution in [0, 0.1) is 0 Å². The molecule has 0 bridgehead atoms. The number of rotatable bonds is 7. The number of nitrogens with zero attached hydrogens (tertiary/aromatic N) is 4. The lowest BCUT2D eigenvalue weighted by Crippen LogP contribution is -2.11. The van der Waals surface area contributed by atoms with Crippen molar-refractivity contribution in [3.63, 3.8) is 0 Å². The van der Waals surface area contributed by atoms with E-state index in [9.17, 15) is 9.59 Å². The molecule has 0 aliphatic heterocycles. The summed E-state index contributed by atoms with van der Waals surface area (Å²) in [5, 5.41) is 12.3. The maximum atomic E-state index is 12.1. The fraction of sp³-hybridized carbons (Fsp3) is 0.316. The van der Waals surface area contributed by atoms with Crippen molar-refractivity contribution >= 4 is 11.9 Å². The highest BCUT2D eigenvalue weighted by atomic mass is 16.5. The van der Waals surface area contributed by atoms with E-state index in [-0.39, 0.29) is 19.3 Å². The third-order valence-electron chi connectivity index (χ3n) is 3.68. The quantitative estimate of drug-likeness (QED) is 0.572. The molecule has 2 heterocycles. The fourth-order valence-corrected chi connectivity index (χ4v) is 2.48. The predicted molar refractivity (Wildman–Crippen MR) is 97.6 cm³/mol. The number of benzene rings is 1. The minimum absolute atomic E-state index is 0.114. The fourth-order valence-electron chi connectivity index (χ4n) is 2.48. The molecule has 1 aromatic carbocycles. The Kier molecular flexibility index (Phi) is 5.83. The van der Waals surface area contributed by atoms with E-state index in [4.69, 9.17) is 13.9 Å². The zero-order chi connectivity index (χ0) is 20.1. The summed E-state index contributed by atoms with van der Waals surface area (Å²) in [4.78, 5) is 25.3. The van der Waals surface area contributed by atoms with E-state index in [1.807, 2.05) is 0 Å². The summed E-state index contributed by atoms with van der Waals surface area (Å²) >= 11 is 0. The summed E-state index contributed by atoms with van der Waals surface area (Å²) in [6.45, 7) is 5.68. The van der Waals surface area contributed by atoms with Gasteiger partial charge in [-0.15, -0.1) is 10.2 Å². The molecule has 0 radical (unpaired) electrons. The van der Waals surface area contributed by atoms with Gasteiger partial charge >= 0.3 is 11.9 Å². The number of carbonyl (C=O) groups excluding carboxylic acids is 2. The molecule has 0 amide bonds. The highest BCUT2D eigenvalue weighted by molar-refractivity contribution is 5.91. The van der Waals surface area contributed by atoms with Crippen LogP contribution in [-0.2, 0) is 16.0 Å². The molecule has 146 valence electrons. The number of tetrazole rings is 1. The van der Waals surface area contributed by atoms with Crippen LogP contribution in [0.1, 0.15) is 47.2 Å². The van der Waals surface area contributed by atoms with E-state index < -0.39 is 11.9 Å². The summed E-state index contributed by atoms with van der Waals surface area (Å²) in [6, 6.07) is 8.33. The van der Waals surface area contributed by atoms with Crippen molar-refractivity contribution in [3.05, 3.63) is 53.5 Å². The number of esters is 2. The number of furan rings is 1. The monoisotopic (exact) mass is 384 g/mol. The van der Waals surface area contributed by atoms with Gasteiger partial charge in [0.15, 0.2) is 0 Å². The third kappa shape index (κ3) is 4.43. The van der Waals surface area contributed by atoms with Crippen LogP contribution in [0.3, 0.4) is 0 Å². The van der Waals surface area contributed by atoms with Crippen molar-refractivity contribution < 1.29 is 23.5 Å². The van der Waals surface area contributed by atoms with Gasteiger partial charge in [-0.1, -0.05) is 12.1 Å². The molecule has 28 heavy (non-hydrogen) atoms. The number of hydrogen-bond donors (Lipinski definition) is 0. The van der Waals surface area contributed by atoms with E-state index in [2.05, 4.69) is 15.4 Å². The molecule has 0 saturated carbocycles. The molecule has 3 rings (SSSR count). The number of carbonyl (C=O) groups is 2. The molecular formula is C19H20N4O5. The van der Waals surface area contributed by atoms with Gasteiger partial charge in [0.1, 0.15) is 17.9 Å². The molecule has 0 atom stereocenters. The maximum Gasteiger partial charge on any atom is 0.341 e. The van der Waals surface area contributed by atoms with Crippen LogP contribution in [0.2, 0.25) is 0 Å². The first kappa shape index (κ1) is 19.3. The smallest absolute Gasteiger partial charge is 0.341 e. The predicted octanol–water partition coefficient (Wildman–Crippen LogP) is 2.72. The molecule has 9 heteroatoms. The summed E-state index contributed by atoms with van der Waals surface area (Å²) in [6.07, 6.45) is 1.19. The van der Waals surface area contributed by atoms with Gasteiger partial charge in [-0.05, 0) is 44.2 Å². The van der Waals surface area contributed by atoms with Crippen LogP contribution in [-0.4, -0.2) is 44.9 Å². The Balaban J connectivity index is 1.78. The number of hydrogen-bond acceptors (Lipinski definition) is 8.